The summed E-state index contributed by atoms with van der Waals surface area (Å²) < 4.78 is 1.08. The third-order valence-electron chi connectivity index (χ3n) is 3.25. The Morgan fingerprint density at radius 2 is 2.53 bits per heavy atom. The molecule has 5 heteroatoms. The zero-order valence-corrected chi connectivity index (χ0v) is 12.3. The lowest BCUT2D eigenvalue weighted by Crippen LogP contribution is -2.48. The van der Waals surface area contributed by atoms with Gasteiger partial charge in [-0.3, -0.25) is 4.79 Å². The van der Waals surface area contributed by atoms with Crippen molar-refractivity contribution >= 4 is 33.2 Å². The quantitative estimate of drug-likeness (QED) is 0.899. The maximum atomic E-state index is 12.2. The molecule has 0 spiro atoms. The van der Waals surface area contributed by atoms with Crippen molar-refractivity contribution in [2.75, 3.05) is 13.1 Å². The number of halogens is 1. The second-order valence-corrected chi connectivity index (χ2v) is 6.57. The van der Waals surface area contributed by atoms with E-state index in [0.717, 1.165) is 30.4 Å². The molecular formula is C12H17BrN2OS. The normalized spacial score (nSPS) is 24.6. The highest BCUT2D eigenvalue weighted by molar-refractivity contribution is 9.10. The van der Waals surface area contributed by atoms with Crippen molar-refractivity contribution < 1.29 is 4.79 Å². The van der Waals surface area contributed by atoms with E-state index in [4.69, 9.17) is 0 Å². The van der Waals surface area contributed by atoms with E-state index in [9.17, 15) is 4.79 Å². The summed E-state index contributed by atoms with van der Waals surface area (Å²) in [5, 5.41) is 8.35. The summed E-state index contributed by atoms with van der Waals surface area (Å²) in [6, 6.07) is 2.01. The van der Waals surface area contributed by atoms with E-state index in [0.29, 0.717) is 6.54 Å². The number of hydrogen-bond donors (Lipinski definition) is 2. The van der Waals surface area contributed by atoms with Crippen LogP contribution in [0.25, 0.3) is 0 Å². The number of piperidine rings is 1. The van der Waals surface area contributed by atoms with Gasteiger partial charge in [0.25, 0.3) is 0 Å². The van der Waals surface area contributed by atoms with Crippen LogP contribution < -0.4 is 10.6 Å². The molecule has 1 atom stereocenters. The van der Waals surface area contributed by atoms with Crippen molar-refractivity contribution in [3.05, 3.63) is 20.8 Å². The number of rotatable bonds is 3. The summed E-state index contributed by atoms with van der Waals surface area (Å²) >= 11 is 5.13. The van der Waals surface area contributed by atoms with Gasteiger partial charge >= 0.3 is 0 Å². The van der Waals surface area contributed by atoms with Gasteiger partial charge in [0.05, 0.1) is 12.0 Å². The highest BCUT2D eigenvalue weighted by Crippen LogP contribution is 2.27. The van der Waals surface area contributed by atoms with Gasteiger partial charge < -0.3 is 10.6 Å². The third kappa shape index (κ3) is 3.09. The van der Waals surface area contributed by atoms with Gasteiger partial charge in [-0.15, -0.1) is 11.3 Å². The van der Waals surface area contributed by atoms with Crippen molar-refractivity contribution in [3.63, 3.8) is 0 Å². The van der Waals surface area contributed by atoms with Gasteiger partial charge in [-0.2, -0.15) is 0 Å². The zero-order valence-electron chi connectivity index (χ0n) is 9.88. The van der Waals surface area contributed by atoms with Gasteiger partial charge in [0.1, 0.15) is 0 Å². The fourth-order valence-corrected chi connectivity index (χ4v) is 3.51. The van der Waals surface area contributed by atoms with Crippen LogP contribution in [0, 0.1) is 5.41 Å². The summed E-state index contributed by atoms with van der Waals surface area (Å²) in [5.74, 6) is 0.157. The van der Waals surface area contributed by atoms with Gasteiger partial charge in [0.2, 0.25) is 5.91 Å². The van der Waals surface area contributed by atoms with Crippen LogP contribution in [0.15, 0.2) is 15.9 Å². The Kier molecular flexibility index (Phi) is 4.22. The largest absolute Gasteiger partial charge is 0.351 e. The average molecular weight is 317 g/mol. The van der Waals surface area contributed by atoms with Gasteiger partial charge in [-0.05, 0) is 53.7 Å². The van der Waals surface area contributed by atoms with E-state index in [-0.39, 0.29) is 11.3 Å². The predicted octanol–water partition coefficient (Wildman–Crippen LogP) is 2.52. The Balaban J connectivity index is 1.91. The molecule has 1 aliphatic heterocycles. The molecule has 0 saturated carbocycles. The standard InChI is InChI=1S/C12H17BrN2OS/c1-12(4-2-5-14-8-12)11(16)15-7-10-9(13)3-6-17-10/h3,6,14H,2,4-5,7-8H2,1H3,(H,15,16). The highest BCUT2D eigenvalue weighted by Gasteiger charge is 2.34. The number of nitrogens with one attached hydrogen (secondary N) is 2. The molecule has 94 valence electrons. The minimum absolute atomic E-state index is 0.157. The van der Waals surface area contributed by atoms with Crippen molar-refractivity contribution in [1.82, 2.24) is 10.6 Å². The first-order valence-corrected chi connectivity index (χ1v) is 7.50. The predicted molar refractivity (Wildman–Crippen MR) is 74.1 cm³/mol. The van der Waals surface area contributed by atoms with Crippen molar-refractivity contribution in [3.8, 4) is 0 Å². The maximum Gasteiger partial charge on any atom is 0.227 e. The van der Waals surface area contributed by atoms with Crippen molar-refractivity contribution in [2.24, 2.45) is 5.41 Å². The fourth-order valence-electron chi connectivity index (χ4n) is 2.08. The van der Waals surface area contributed by atoms with Crippen LogP contribution in [0.3, 0.4) is 0 Å². The lowest BCUT2D eigenvalue weighted by molar-refractivity contribution is -0.131. The summed E-state index contributed by atoms with van der Waals surface area (Å²) in [4.78, 5) is 13.3. The van der Waals surface area contributed by atoms with Crippen LogP contribution in [0.4, 0.5) is 0 Å². The number of carbonyl (C=O) groups excluding carboxylic acids is 1. The fraction of sp³-hybridized carbons (Fsp3) is 0.583. The molecule has 1 unspecified atom stereocenters. The van der Waals surface area contributed by atoms with E-state index >= 15 is 0 Å². The number of thiophene rings is 1. The van der Waals surface area contributed by atoms with Crippen LogP contribution >= 0.6 is 27.3 Å². The highest BCUT2D eigenvalue weighted by atomic mass is 79.9. The molecule has 1 aliphatic rings. The number of hydrogen-bond acceptors (Lipinski definition) is 3. The third-order valence-corrected chi connectivity index (χ3v) is 5.17. The lowest BCUT2D eigenvalue weighted by atomic mass is 9.82. The van der Waals surface area contributed by atoms with Crippen LogP contribution in [0.1, 0.15) is 24.6 Å². The molecular weight excluding hydrogens is 300 g/mol. The molecule has 0 radical (unpaired) electrons. The minimum atomic E-state index is -0.248. The summed E-state index contributed by atoms with van der Waals surface area (Å²) in [6.45, 7) is 4.47. The summed E-state index contributed by atoms with van der Waals surface area (Å²) in [5.41, 5.74) is -0.248. The Morgan fingerprint density at radius 3 is 3.12 bits per heavy atom. The van der Waals surface area contributed by atoms with Crippen LogP contribution in [-0.2, 0) is 11.3 Å². The van der Waals surface area contributed by atoms with Gasteiger partial charge in [-0.25, -0.2) is 0 Å². The molecule has 1 aromatic heterocycles. The average Bonchev–Trinajstić information content (AvgIpc) is 2.73. The summed E-state index contributed by atoms with van der Waals surface area (Å²) in [6.07, 6.45) is 2.05. The molecule has 2 N–H and O–H groups in total. The van der Waals surface area contributed by atoms with Crippen LogP contribution in [0.5, 0.6) is 0 Å². The maximum absolute atomic E-state index is 12.2. The molecule has 0 aliphatic carbocycles. The van der Waals surface area contributed by atoms with E-state index in [1.54, 1.807) is 11.3 Å². The summed E-state index contributed by atoms with van der Waals surface area (Å²) in [7, 11) is 0. The molecule has 2 heterocycles. The Labute approximate surface area is 114 Å². The van der Waals surface area contributed by atoms with Crippen LogP contribution in [0.2, 0.25) is 0 Å². The lowest BCUT2D eigenvalue weighted by Gasteiger charge is -2.32. The Hall–Kier alpha value is -0.390. The Morgan fingerprint density at radius 1 is 1.71 bits per heavy atom. The first-order valence-electron chi connectivity index (χ1n) is 5.83. The van der Waals surface area contributed by atoms with E-state index in [1.807, 2.05) is 18.4 Å². The zero-order chi connectivity index (χ0) is 12.3. The Bertz CT molecular complexity index is 399. The molecule has 1 saturated heterocycles. The first kappa shape index (κ1) is 13.1. The number of amides is 1. The molecule has 0 bridgehead atoms. The molecule has 0 aromatic carbocycles. The van der Waals surface area contributed by atoms with Gasteiger partial charge in [-0.1, -0.05) is 0 Å². The molecule has 3 nitrogen and oxygen atoms in total. The topological polar surface area (TPSA) is 41.1 Å². The van der Waals surface area contributed by atoms with Crippen LogP contribution in [-0.4, -0.2) is 19.0 Å². The molecule has 17 heavy (non-hydrogen) atoms. The smallest absolute Gasteiger partial charge is 0.227 e. The first-order chi connectivity index (χ1) is 8.12. The molecule has 1 aromatic rings. The van der Waals surface area contributed by atoms with E-state index in [1.165, 1.54) is 4.88 Å². The molecule has 1 fully saturated rings. The SMILES string of the molecule is CC1(C(=O)NCc2sccc2Br)CCCNC1. The molecule has 1 amide bonds. The van der Waals surface area contributed by atoms with Crippen molar-refractivity contribution in [1.29, 1.82) is 0 Å². The van der Waals surface area contributed by atoms with Gasteiger partial charge in [0, 0.05) is 15.9 Å². The molecule has 2 rings (SSSR count). The van der Waals surface area contributed by atoms with E-state index < -0.39 is 0 Å². The second-order valence-electron chi connectivity index (χ2n) is 4.72. The van der Waals surface area contributed by atoms with E-state index in [2.05, 4.69) is 26.6 Å². The van der Waals surface area contributed by atoms with Gasteiger partial charge in [0.15, 0.2) is 0 Å². The number of carbonyl (C=O) groups is 1. The minimum Gasteiger partial charge on any atom is -0.351 e. The second kappa shape index (κ2) is 5.50. The monoisotopic (exact) mass is 316 g/mol. The van der Waals surface area contributed by atoms with Crippen molar-refractivity contribution in [2.45, 2.75) is 26.3 Å².